The Morgan fingerprint density at radius 3 is 2.83 bits per heavy atom. The smallest absolute Gasteiger partial charge is 0.434 e. The van der Waals surface area contributed by atoms with Crippen LogP contribution in [0, 0.1) is 0 Å². The number of aromatic nitrogens is 2. The van der Waals surface area contributed by atoms with Crippen LogP contribution in [0.3, 0.4) is 0 Å². The lowest BCUT2D eigenvalue weighted by Gasteiger charge is -2.27. The molecular weight excluding hydrogens is 319 g/mol. The van der Waals surface area contributed by atoms with Gasteiger partial charge in [-0.1, -0.05) is 18.2 Å². The van der Waals surface area contributed by atoms with Gasteiger partial charge in [0.05, 0.1) is 18.3 Å². The summed E-state index contributed by atoms with van der Waals surface area (Å²) in [5, 5.41) is 3.31. The Hall–Kier alpha value is -2.70. The van der Waals surface area contributed by atoms with Crippen LogP contribution in [-0.4, -0.2) is 16.0 Å². The van der Waals surface area contributed by atoms with Gasteiger partial charge in [-0.25, -0.2) is 4.98 Å². The van der Waals surface area contributed by atoms with Gasteiger partial charge in [-0.2, -0.15) is 13.2 Å². The van der Waals surface area contributed by atoms with E-state index in [4.69, 9.17) is 4.74 Å². The van der Waals surface area contributed by atoms with E-state index in [-0.39, 0.29) is 11.7 Å². The van der Waals surface area contributed by atoms with E-state index in [9.17, 15) is 13.2 Å². The molecule has 1 aliphatic heterocycles. The van der Waals surface area contributed by atoms with Gasteiger partial charge in [0.2, 0.25) is 0 Å². The summed E-state index contributed by atoms with van der Waals surface area (Å²) in [6.45, 7) is 0.556. The number of hydrogen-bond acceptors (Lipinski definition) is 3. The van der Waals surface area contributed by atoms with Crippen molar-refractivity contribution in [2.45, 2.75) is 18.6 Å². The molecular formula is C17H14F3N3O. The zero-order chi connectivity index (χ0) is 16.7. The molecule has 24 heavy (non-hydrogen) atoms. The molecule has 0 unspecified atom stereocenters. The quantitative estimate of drug-likeness (QED) is 0.760. The number of nitrogens with one attached hydrogen (secondary N) is 1. The summed E-state index contributed by atoms with van der Waals surface area (Å²) < 4.78 is 45.7. The number of anilines is 1. The minimum atomic E-state index is -4.46. The predicted molar refractivity (Wildman–Crippen MR) is 83.1 cm³/mol. The van der Waals surface area contributed by atoms with Crippen LogP contribution in [-0.2, 0) is 6.18 Å². The van der Waals surface area contributed by atoms with Gasteiger partial charge in [-0.15, -0.1) is 0 Å². The molecule has 0 saturated heterocycles. The molecule has 0 amide bonds. The van der Waals surface area contributed by atoms with Crippen LogP contribution >= 0.6 is 0 Å². The molecule has 0 aliphatic carbocycles. The van der Waals surface area contributed by atoms with Crippen LogP contribution in [0.4, 0.5) is 18.9 Å². The number of fused-ring (bicyclic) bond motifs is 2. The summed E-state index contributed by atoms with van der Waals surface area (Å²) in [6, 6.07) is 11.1. The number of alkyl halides is 3. The van der Waals surface area contributed by atoms with E-state index in [1.807, 2.05) is 24.3 Å². The highest BCUT2D eigenvalue weighted by molar-refractivity contribution is 5.69. The van der Waals surface area contributed by atoms with Crippen molar-refractivity contribution < 1.29 is 17.9 Å². The molecule has 4 nitrogen and oxygen atoms in total. The topological polar surface area (TPSA) is 38.6 Å². The number of pyridine rings is 1. The SMILES string of the molecule is FC(F)(F)c1cn2cccc(N[C@@H]3CCOc4ccccc43)c2n1. The second-order valence-electron chi connectivity index (χ2n) is 5.65. The summed E-state index contributed by atoms with van der Waals surface area (Å²) in [5.41, 5.74) is 0.918. The normalized spacial score (nSPS) is 17.4. The highest BCUT2D eigenvalue weighted by Gasteiger charge is 2.34. The standard InChI is InChI=1S/C17H14F3N3O/c18-17(19,20)15-10-23-8-3-5-13(16(23)22-15)21-12-7-9-24-14-6-2-1-4-11(12)14/h1-6,8,10,12,21H,7,9H2/t12-/m1/s1. The van der Waals surface area contributed by atoms with E-state index in [0.717, 1.165) is 23.9 Å². The number of benzene rings is 1. The third-order valence-corrected chi connectivity index (χ3v) is 4.06. The van der Waals surface area contributed by atoms with E-state index in [0.29, 0.717) is 12.3 Å². The number of ether oxygens (including phenoxy) is 1. The molecule has 0 fully saturated rings. The lowest BCUT2D eigenvalue weighted by atomic mass is 10.0. The molecule has 3 heterocycles. The van der Waals surface area contributed by atoms with Crippen molar-refractivity contribution >= 4 is 11.3 Å². The molecule has 3 aromatic rings. The Balaban J connectivity index is 1.72. The molecule has 4 rings (SSSR count). The van der Waals surface area contributed by atoms with E-state index < -0.39 is 11.9 Å². The molecule has 7 heteroatoms. The first-order valence-electron chi connectivity index (χ1n) is 7.55. The highest BCUT2D eigenvalue weighted by atomic mass is 19.4. The fraction of sp³-hybridized carbons (Fsp3) is 0.235. The highest BCUT2D eigenvalue weighted by Crippen LogP contribution is 2.35. The maximum absolute atomic E-state index is 12.9. The Morgan fingerprint density at radius 1 is 1.17 bits per heavy atom. The van der Waals surface area contributed by atoms with Gasteiger partial charge in [-0.3, -0.25) is 0 Å². The summed E-state index contributed by atoms with van der Waals surface area (Å²) in [5.74, 6) is 0.799. The molecule has 0 spiro atoms. The molecule has 0 saturated carbocycles. The number of para-hydroxylation sites is 1. The largest absolute Gasteiger partial charge is 0.493 e. The van der Waals surface area contributed by atoms with Crippen molar-refractivity contribution in [2.75, 3.05) is 11.9 Å². The number of hydrogen-bond donors (Lipinski definition) is 1. The van der Waals surface area contributed by atoms with Gasteiger partial charge in [0, 0.05) is 24.4 Å². The van der Waals surface area contributed by atoms with Crippen molar-refractivity contribution in [1.82, 2.24) is 9.38 Å². The second-order valence-corrected chi connectivity index (χ2v) is 5.65. The Bertz CT molecular complexity index is 888. The maximum atomic E-state index is 12.9. The van der Waals surface area contributed by atoms with E-state index >= 15 is 0 Å². The number of halogens is 3. The van der Waals surface area contributed by atoms with Crippen LogP contribution < -0.4 is 10.1 Å². The fourth-order valence-corrected chi connectivity index (χ4v) is 2.94. The van der Waals surface area contributed by atoms with Crippen LogP contribution in [0.2, 0.25) is 0 Å². The summed E-state index contributed by atoms with van der Waals surface area (Å²) in [4.78, 5) is 3.75. The van der Waals surface area contributed by atoms with E-state index in [1.165, 1.54) is 4.40 Å². The molecule has 0 radical (unpaired) electrons. The maximum Gasteiger partial charge on any atom is 0.434 e. The summed E-state index contributed by atoms with van der Waals surface area (Å²) >= 11 is 0. The van der Waals surface area contributed by atoms with Crippen molar-refractivity contribution in [3.05, 3.63) is 60.0 Å². The lowest BCUT2D eigenvalue weighted by molar-refractivity contribution is -0.140. The van der Waals surface area contributed by atoms with Gasteiger partial charge in [0.15, 0.2) is 11.3 Å². The van der Waals surface area contributed by atoms with Crippen LogP contribution in [0.25, 0.3) is 5.65 Å². The minimum absolute atomic E-state index is 0.0350. The molecule has 1 aliphatic rings. The first-order chi connectivity index (χ1) is 11.5. The van der Waals surface area contributed by atoms with Gasteiger partial charge in [-0.05, 0) is 18.2 Å². The third-order valence-electron chi connectivity index (χ3n) is 4.06. The zero-order valence-electron chi connectivity index (χ0n) is 12.5. The van der Waals surface area contributed by atoms with Gasteiger partial charge in [0.25, 0.3) is 0 Å². The minimum Gasteiger partial charge on any atom is -0.493 e. The Kier molecular flexibility index (Phi) is 3.37. The van der Waals surface area contributed by atoms with Crippen molar-refractivity contribution in [3.8, 4) is 5.75 Å². The van der Waals surface area contributed by atoms with Gasteiger partial charge in [0.1, 0.15) is 5.75 Å². The van der Waals surface area contributed by atoms with E-state index in [1.54, 1.807) is 18.3 Å². The third kappa shape index (κ3) is 2.55. The number of nitrogens with zero attached hydrogens (tertiary/aromatic N) is 2. The van der Waals surface area contributed by atoms with Crippen molar-refractivity contribution in [1.29, 1.82) is 0 Å². The summed E-state index contributed by atoms with van der Waals surface area (Å²) in [6.07, 6.45) is -1.18. The Morgan fingerprint density at radius 2 is 2.00 bits per heavy atom. The van der Waals surface area contributed by atoms with E-state index in [2.05, 4.69) is 10.3 Å². The molecule has 0 bridgehead atoms. The zero-order valence-corrected chi connectivity index (χ0v) is 12.5. The fourth-order valence-electron chi connectivity index (χ4n) is 2.94. The first kappa shape index (κ1) is 14.9. The molecule has 1 aromatic carbocycles. The average Bonchev–Trinajstić information content (AvgIpc) is 3.01. The first-order valence-corrected chi connectivity index (χ1v) is 7.55. The Labute approximate surface area is 135 Å². The van der Waals surface area contributed by atoms with Crippen molar-refractivity contribution in [3.63, 3.8) is 0 Å². The monoisotopic (exact) mass is 333 g/mol. The number of imidazole rings is 1. The lowest BCUT2D eigenvalue weighted by Crippen LogP contribution is -2.20. The number of rotatable bonds is 2. The van der Waals surface area contributed by atoms with Crippen LogP contribution in [0.15, 0.2) is 48.8 Å². The van der Waals surface area contributed by atoms with Crippen molar-refractivity contribution in [2.24, 2.45) is 0 Å². The average molecular weight is 333 g/mol. The second kappa shape index (κ2) is 5.43. The predicted octanol–water partition coefficient (Wildman–Crippen LogP) is 4.29. The van der Waals surface area contributed by atoms with Gasteiger partial charge >= 0.3 is 6.18 Å². The van der Waals surface area contributed by atoms with Gasteiger partial charge < -0.3 is 14.5 Å². The van der Waals surface area contributed by atoms with Crippen LogP contribution in [0.5, 0.6) is 5.75 Å². The summed E-state index contributed by atoms with van der Waals surface area (Å²) in [7, 11) is 0. The molecule has 1 atom stereocenters. The molecule has 2 aromatic heterocycles. The van der Waals surface area contributed by atoms with Crippen LogP contribution in [0.1, 0.15) is 23.7 Å². The molecule has 1 N–H and O–H groups in total. The molecule has 124 valence electrons.